The summed E-state index contributed by atoms with van der Waals surface area (Å²) < 4.78 is 15.9. The van der Waals surface area contributed by atoms with Gasteiger partial charge in [-0.05, 0) is 35.7 Å². The Morgan fingerprint density at radius 2 is 1.61 bits per heavy atom. The number of hydrogen-bond donors (Lipinski definition) is 1. The monoisotopic (exact) mass is 404 g/mol. The normalized spacial score (nSPS) is 12.1. The maximum atomic E-state index is 12.7. The molecule has 0 aliphatic heterocycles. The van der Waals surface area contributed by atoms with E-state index in [1.807, 2.05) is 26.0 Å². The van der Waals surface area contributed by atoms with Crippen molar-refractivity contribution in [1.82, 2.24) is 5.43 Å². The number of carbonyl (C=O) groups excluding carboxylic acids is 1. The zero-order valence-electron chi connectivity index (χ0n) is 16.7. The molecule has 0 bridgehead atoms. The highest BCUT2D eigenvalue weighted by Gasteiger charge is 2.24. The molecule has 1 N–H and O–H groups in total. The first-order valence-electron chi connectivity index (χ1n) is 8.79. The van der Waals surface area contributed by atoms with Gasteiger partial charge in [-0.3, -0.25) is 4.79 Å². The van der Waals surface area contributed by atoms with Crippen molar-refractivity contribution in [3.8, 4) is 17.2 Å². The van der Waals surface area contributed by atoms with Crippen LogP contribution < -0.4 is 19.6 Å². The lowest BCUT2D eigenvalue weighted by molar-refractivity contribution is -0.123. The van der Waals surface area contributed by atoms with Gasteiger partial charge >= 0.3 is 0 Å². The molecular formula is C21H25ClN2O4. The molecule has 0 aromatic heterocycles. The highest BCUT2D eigenvalue weighted by molar-refractivity contribution is 6.30. The fourth-order valence-corrected chi connectivity index (χ4v) is 3.05. The van der Waals surface area contributed by atoms with Crippen LogP contribution in [0.15, 0.2) is 41.5 Å². The molecule has 2 aromatic carbocycles. The summed E-state index contributed by atoms with van der Waals surface area (Å²) >= 11 is 5.94. The van der Waals surface area contributed by atoms with Crippen molar-refractivity contribution in [2.24, 2.45) is 11.0 Å². The van der Waals surface area contributed by atoms with Crippen LogP contribution in [0.2, 0.25) is 5.02 Å². The number of methoxy groups -OCH3 is 3. The van der Waals surface area contributed by atoms with Gasteiger partial charge in [-0.2, -0.15) is 5.10 Å². The third-order valence-corrected chi connectivity index (χ3v) is 4.51. The standard InChI is InChI=1S/C21H25ClN2O4/c1-13(2)19(15-6-8-16(22)9-7-15)21(25)24-23-12-14-10-17(26-3)20(28-5)18(11-14)27-4/h6-13,19H,1-5H3,(H,24,25)/b23-12-/t19-/m1/s1. The number of ether oxygens (including phenoxy) is 3. The smallest absolute Gasteiger partial charge is 0.247 e. The fraction of sp³-hybridized carbons (Fsp3) is 0.333. The minimum Gasteiger partial charge on any atom is -0.493 e. The van der Waals surface area contributed by atoms with Crippen molar-refractivity contribution in [2.45, 2.75) is 19.8 Å². The Hall–Kier alpha value is -2.73. The quantitative estimate of drug-likeness (QED) is 0.527. The summed E-state index contributed by atoms with van der Waals surface area (Å²) in [5.41, 5.74) is 4.20. The van der Waals surface area contributed by atoms with Gasteiger partial charge in [-0.1, -0.05) is 37.6 Å². The van der Waals surface area contributed by atoms with E-state index in [1.54, 1.807) is 38.5 Å². The van der Waals surface area contributed by atoms with Gasteiger partial charge in [0.05, 0.1) is 33.5 Å². The van der Waals surface area contributed by atoms with Gasteiger partial charge in [-0.15, -0.1) is 0 Å². The second-order valence-electron chi connectivity index (χ2n) is 6.47. The van der Waals surface area contributed by atoms with Gasteiger partial charge in [0, 0.05) is 10.6 Å². The summed E-state index contributed by atoms with van der Waals surface area (Å²) in [4.78, 5) is 12.7. The molecule has 0 aliphatic rings. The van der Waals surface area contributed by atoms with Crippen molar-refractivity contribution in [3.05, 3.63) is 52.5 Å². The topological polar surface area (TPSA) is 69.2 Å². The zero-order chi connectivity index (χ0) is 20.7. The Kier molecular flexibility index (Phi) is 7.70. The Labute approximate surface area is 170 Å². The molecule has 2 rings (SSSR count). The number of rotatable bonds is 8. The highest BCUT2D eigenvalue weighted by Crippen LogP contribution is 2.37. The molecule has 6 nitrogen and oxygen atoms in total. The van der Waals surface area contributed by atoms with E-state index in [9.17, 15) is 4.79 Å². The maximum Gasteiger partial charge on any atom is 0.247 e. The first kappa shape index (κ1) is 21.6. The van der Waals surface area contributed by atoms with E-state index < -0.39 is 0 Å². The lowest BCUT2D eigenvalue weighted by Crippen LogP contribution is -2.28. The molecule has 28 heavy (non-hydrogen) atoms. The summed E-state index contributed by atoms with van der Waals surface area (Å²) in [5.74, 6) is 1.08. The van der Waals surface area contributed by atoms with Crippen molar-refractivity contribution < 1.29 is 19.0 Å². The molecule has 0 fully saturated rings. The van der Waals surface area contributed by atoms with Crippen LogP contribution in [0, 0.1) is 5.92 Å². The first-order chi connectivity index (χ1) is 13.4. The number of carbonyl (C=O) groups is 1. The summed E-state index contributed by atoms with van der Waals surface area (Å²) in [5, 5.41) is 4.72. The van der Waals surface area contributed by atoms with Crippen LogP contribution in [0.1, 0.15) is 30.9 Å². The average molecular weight is 405 g/mol. The molecule has 0 radical (unpaired) electrons. The maximum absolute atomic E-state index is 12.7. The molecule has 1 amide bonds. The van der Waals surface area contributed by atoms with Crippen molar-refractivity contribution in [1.29, 1.82) is 0 Å². The number of amides is 1. The zero-order valence-corrected chi connectivity index (χ0v) is 17.4. The van der Waals surface area contributed by atoms with Crippen molar-refractivity contribution >= 4 is 23.7 Å². The van der Waals surface area contributed by atoms with E-state index in [-0.39, 0.29) is 17.7 Å². The molecule has 0 aliphatic carbocycles. The van der Waals surface area contributed by atoms with Crippen LogP contribution in [0.3, 0.4) is 0 Å². The minimum absolute atomic E-state index is 0.0950. The molecule has 150 valence electrons. The Balaban J connectivity index is 2.18. The highest BCUT2D eigenvalue weighted by atomic mass is 35.5. The van der Waals surface area contributed by atoms with Crippen LogP contribution in [0.4, 0.5) is 0 Å². The predicted octanol–water partition coefficient (Wildman–Crippen LogP) is 4.26. The Bertz CT molecular complexity index is 810. The Morgan fingerprint density at radius 1 is 1.04 bits per heavy atom. The first-order valence-corrected chi connectivity index (χ1v) is 9.17. The van der Waals surface area contributed by atoms with E-state index in [4.69, 9.17) is 25.8 Å². The lowest BCUT2D eigenvalue weighted by Gasteiger charge is -2.19. The van der Waals surface area contributed by atoms with E-state index in [1.165, 1.54) is 13.3 Å². The fourth-order valence-electron chi connectivity index (χ4n) is 2.93. The SMILES string of the molecule is COc1cc(/C=N\NC(=O)[C@@H](c2ccc(Cl)cc2)C(C)C)cc(OC)c1OC. The van der Waals surface area contributed by atoms with Crippen LogP contribution >= 0.6 is 11.6 Å². The second-order valence-corrected chi connectivity index (χ2v) is 6.90. The number of nitrogens with one attached hydrogen (secondary N) is 1. The van der Waals surface area contributed by atoms with Crippen LogP contribution in [0.5, 0.6) is 17.2 Å². The van der Waals surface area contributed by atoms with Gasteiger partial charge in [0.2, 0.25) is 11.7 Å². The van der Waals surface area contributed by atoms with Crippen LogP contribution in [-0.4, -0.2) is 33.5 Å². The largest absolute Gasteiger partial charge is 0.493 e. The number of nitrogens with zero attached hydrogens (tertiary/aromatic N) is 1. The molecule has 1 atom stereocenters. The predicted molar refractivity (Wildman–Crippen MR) is 111 cm³/mol. The van der Waals surface area contributed by atoms with E-state index in [0.29, 0.717) is 27.8 Å². The summed E-state index contributed by atoms with van der Waals surface area (Å²) in [6, 6.07) is 10.8. The second kappa shape index (κ2) is 9.99. The number of halogens is 1. The molecule has 0 saturated heterocycles. The molecule has 0 heterocycles. The van der Waals surface area contributed by atoms with Crippen molar-refractivity contribution in [2.75, 3.05) is 21.3 Å². The Morgan fingerprint density at radius 3 is 2.07 bits per heavy atom. The van der Waals surface area contributed by atoms with Crippen LogP contribution in [-0.2, 0) is 4.79 Å². The summed E-state index contributed by atoms with van der Waals surface area (Å²) in [6.45, 7) is 3.98. The summed E-state index contributed by atoms with van der Waals surface area (Å²) in [7, 11) is 4.62. The molecule has 0 unspecified atom stereocenters. The molecule has 0 saturated carbocycles. The van der Waals surface area contributed by atoms with Gasteiger partial charge in [0.15, 0.2) is 11.5 Å². The van der Waals surface area contributed by atoms with E-state index in [2.05, 4.69) is 10.5 Å². The van der Waals surface area contributed by atoms with Crippen molar-refractivity contribution in [3.63, 3.8) is 0 Å². The third kappa shape index (κ3) is 5.16. The molecule has 7 heteroatoms. The van der Waals surface area contributed by atoms with Gasteiger partial charge in [0.1, 0.15) is 0 Å². The van der Waals surface area contributed by atoms with Gasteiger partial charge in [-0.25, -0.2) is 5.43 Å². The average Bonchev–Trinajstić information content (AvgIpc) is 2.68. The minimum atomic E-state index is -0.339. The van der Waals surface area contributed by atoms with E-state index >= 15 is 0 Å². The van der Waals surface area contributed by atoms with Crippen LogP contribution in [0.25, 0.3) is 0 Å². The molecule has 0 spiro atoms. The number of hydrazone groups is 1. The number of hydrogen-bond acceptors (Lipinski definition) is 5. The third-order valence-electron chi connectivity index (χ3n) is 4.25. The summed E-state index contributed by atoms with van der Waals surface area (Å²) in [6.07, 6.45) is 1.53. The van der Waals surface area contributed by atoms with E-state index in [0.717, 1.165) is 5.56 Å². The molecule has 2 aromatic rings. The van der Waals surface area contributed by atoms with Gasteiger partial charge < -0.3 is 14.2 Å². The number of benzene rings is 2. The van der Waals surface area contributed by atoms with Gasteiger partial charge in [0.25, 0.3) is 0 Å². The molecular weight excluding hydrogens is 380 g/mol. The lowest BCUT2D eigenvalue weighted by atomic mass is 9.88.